The smallest absolute Gasteiger partial charge is 0.263 e. The highest BCUT2D eigenvalue weighted by atomic mass is 35.5. The van der Waals surface area contributed by atoms with Crippen LogP contribution in [0.15, 0.2) is 48.7 Å². The molecule has 0 bridgehead atoms. The number of thiazole rings is 1. The van der Waals surface area contributed by atoms with Gasteiger partial charge in [0.1, 0.15) is 9.88 Å². The number of hydrogen-bond donors (Lipinski definition) is 1. The Labute approximate surface area is 149 Å². The minimum atomic E-state index is -0.130. The molecule has 0 fully saturated rings. The van der Waals surface area contributed by atoms with Crippen LogP contribution < -0.4 is 5.32 Å². The predicted octanol–water partition coefficient (Wildman–Crippen LogP) is 4.66. The number of carbonyl (C=O) groups is 1. The number of amides is 1. The lowest BCUT2D eigenvalue weighted by atomic mass is 10.1. The van der Waals surface area contributed by atoms with Crippen LogP contribution in [0.4, 0.5) is 0 Å². The van der Waals surface area contributed by atoms with Gasteiger partial charge in [0.2, 0.25) is 0 Å². The molecule has 2 heterocycles. The summed E-state index contributed by atoms with van der Waals surface area (Å²) in [5, 5.41) is 4.43. The molecule has 6 heteroatoms. The van der Waals surface area contributed by atoms with Gasteiger partial charge < -0.3 is 5.32 Å². The van der Waals surface area contributed by atoms with E-state index in [-0.39, 0.29) is 11.9 Å². The number of pyridine rings is 1. The molecule has 1 aromatic carbocycles. The summed E-state index contributed by atoms with van der Waals surface area (Å²) in [6.07, 6.45) is 1.72. The highest BCUT2D eigenvalue weighted by Gasteiger charge is 2.18. The van der Waals surface area contributed by atoms with E-state index in [0.717, 1.165) is 16.3 Å². The zero-order chi connectivity index (χ0) is 17.1. The van der Waals surface area contributed by atoms with E-state index in [1.807, 2.05) is 56.3 Å². The normalized spacial score (nSPS) is 12.0. The Morgan fingerprint density at radius 3 is 2.62 bits per heavy atom. The fraction of sp³-hybridized carbons (Fsp3) is 0.167. The summed E-state index contributed by atoms with van der Waals surface area (Å²) >= 11 is 7.25. The molecule has 0 unspecified atom stereocenters. The van der Waals surface area contributed by atoms with E-state index < -0.39 is 0 Å². The highest BCUT2D eigenvalue weighted by molar-refractivity contribution is 7.17. The van der Waals surface area contributed by atoms with Crippen molar-refractivity contribution in [3.05, 3.63) is 69.8 Å². The molecule has 1 amide bonds. The summed E-state index contributed by atoms with van der Waals surface area (Å²) in [6, 6.07) is 13.0. The van der Waals surface area contributed by atoms with Crippen LogP contribution in [0.2, 0.25) is 5.02 Å². The molecule has 4 nitrogen and oxygen atoms in total. The van der Waals surface area contributed by atoms with E-state index in [9.17, 15) is 4.79 Å². The van der Waals surface area contributed by atoms with Crippen molar-refractivity contribution >= 4 is 28.8 Å². The van der Waals surface area contributed by atoms with Crippen molar-refractivity contribution in [1.29, 1.82) is 0 Å². The first-order valence-corrected chi connectivity index (χ1v) is 8.69. The van der Waals surface area contributed by atoms with Crippen molar-refractivity contribution in [2.45, 2.75) is 19.9 Å². The summed E-state index contributed by atoms with van der Waals surface area (Å²) < 4.78 is 0. The zero-order valence-corrected chi connectivity index (χ0v) is 14.9. The minimum absolute atomic E-state index is 0.116. The fourth-order valence-corrected chi connectivity index (χ4v) is 3.38. The van der Waals surface area contributed by atoms with Gasteiger partial charge in [0.25, 0.3) is 5.91 Å². The molecule has 0 radical (unpaired) electrons. The number of aromatic nitrogens is 2. The first-order valence-electron chi connectivity index (χ1n) is 7.50. The average molecular weight is 358 g/mol. The molecule has 122 valence electrons. The molecule has 0 saturated heterocycles. The van der Waals surface area contributed by atoms with Gasteiger partial charge in [-0.25, -0.2) is 4.98 Å². The number of halogens is 1. The third-order valence-electron chi connectivity index (χ3n) is 3.60. The Balaban J connectivity index is 1.78. The van der Waals surface area contributed by atoms with Crippen molar-refractivity contribution in [1.82, 2.24) is 15.3 Å². The largest absolute Gasteiger partial charge is 0.345 e. The highest BCUT2D eigenvalue weighted by Crippen LogP contribution is 2.27. The minimum Gasteiger partial charge on any atom is -0.345 e. The van der Waals surface area contributed by atoms with E-state index in [1.165, 1.54) is 11.3 Å². The molecule has 2 aromatic heterocycles. The lowest BCUT2D eigenvalue weighted by molar-refractivity contribution is 0.0943. The second-order valence-electron chi connectivity index (χ2n) is 5.40. The van der Waals surface area contributed by atoms with Crippen LogP contribution >= 0.6 is 22.9 Å². The van der Waals surface area contributed by atoms with Gasteiger partial charge in [-0.15, -0.1) is 11.3 Å². The molecule has 3 aromatic rings. The Kier molecular flexibility index (Phi) is 4.92. The molecule has 1 atom stereocenters. The SMILES string of the molecule is Cc1nc(-c2ccccn2)sc1C(=O)N[C@H](C)c1ccc(Cl)cc1. The number of rotatable bonds is 4. The van der Waals surface area contributed by atoms with Gasteiger partial charge in [0.05, 0.1) is 17.4 Å². The van der Waals surface area contributed by atoms with Gasteiger partial charge in [0.15, 0.2) is 0 Å². The molecule has 3 rings (SSSR count). The molecule has 0 spiro atoms. The van der Waals surface area contributed by atoms with Gasteiger partial charge in [-0.1, -0.05) is 29.8 Å². The number of nitrogens with one attached hydrogen (secondary N) is 1. The summed E-state index contributed by atoms with van der Waals surface area (Å²) in [4.78, 5) is 21.9. The molecule has 0 saturated carbocycles. The number of aryl methyl sites for hydroxylation is 1. The molecule has 0 aliphatic carbocycles. The Hall–Kier alpha value is -2.24. The van der Waals surface area contributed by atoms with Crippen LogP contribution in [0.25, 0.3) is 10.7 Å². The molecular formula is C18H16ClN3OS. The van der Waals surface area contributed by atoms with Gasteiger partial charge >= 0.3 is 0 Å². The van der Waals surface area contributed by atoms with Crippen LogP contribution in [0, 0.1) is 6.92 Å². The molecule has 0 aliphatic rings. The van der Waals surface area contributed by atoms with Crippen LogP contribution in [-0.4, -0.2) is 15.9 Å². The maximum absolute atomic E-state index is 12.6. The van der Waals surface area contributed by atoms with Gasteiger partial charge in [-0.2, -0.15) is 0 Å². The maximum atomic E-state index is 12.6. The van der Waals surface area contributed by atoms with Crippen molar-refractivity contribution in [3.8, 4) is 10.7 Å². The molecular weight excluding hydrogens is 342 g/mol. The lowest BCUT2D eigenvalue weighted by Gasteiger charge is -2.13. The third kappa shape index (κ3) is 3.63. The Morgan fingerprint density at radius 2 is 1.96 bits per heavy atom. The van der Waals surface area contributed by atoms with Crippen molar-refractivity contribution < 1.29 is 4.79 Å². The summed E-state index contributed by atoms with van der Waals surface area (Å²) in [5.41, 5.74) is 2.48. The number of benzene rings is 1. The van der Waals surface area contributed by atoms with Crippen LogP contribution in [0.3, 0.4) is 0 Å². The van der Waals surface area contributed by atoms with E-state index in [0.29, 0.717) is 15.6 Å². The zero-order valence-electron chi connectivity index (χ0n) is 13.3. The summed E-state index contributed by atoms with van der Waals surface area (Å²) in [5.74, 6) is -0.130. The number of hydrogen-bond acceptors (Lipinski definition) is 4. The van der Waals surface area contributed by atoms with Gasteiger partial charge in [0, 0.05) is 11.2 Å². The van der Waals surface area contributed by atoms with Crippen molar-refractivity contribution in [2.24, 2.45) is 0 Å². The van der Waals surface area contributed by atoms with Crippen LogP contribution in [0.5, 0.6) is 0 Å². The standard InChI is InChI=1S/C18H16ClN3OS/c1-11(13-6-8-14(19)9-7-13)21-17(23)16-12(2)22-18(24-16)15-5-3-4-10-20-15/h3-11H,1-2H3,(H,21,23)/t11-/m1/s1. The fourth-order valence-electron chi connectivity index (χ4n) is 2.30. The predicted molar refractivity (Wildman–Crippen MR) is 97.4 cm³/mol. The van der Waals surface area contributed by atoms with Crippen LogP contribution in [-0.2, 0) is 0 Å². The van der Waals surface area contributed by atoms with E-state index in [1.54, 1.807) is 6.20 Å². The topological polar surface area (TPSA) is 54.9 Å². The third-order valence-corrected chi connectivity index (χ3v) is 5.04. The summed E-state index contributed by atoms with van der Waals surface area (Å²) in [6.45, 7) is 3.78. The summed E-state index contributed by atoms with van der Waals surface area (Å²) in [7, 11) is 0. The molecule has 1 N–H and O–H groups in total. The maximum Gasteiger partial charge on any atom is 0.263 e. The second-order valence-corrected chi connectivity index (χ2v) is 6.83. The van der Waals surface area contributed by atoms with Crippen LogP contribution in [0.1, 0.15) is 33.9 Å². The van der Waals surface area contributed by atoms with Crippen molar-refractivity contribution in [2.75, 3.05) is 0 Å². The van der Waals surface area contributed by atoms with Gasteiger partial charge in [-0.05, 0) is 43.7 Å². The monoisotopic (exact) mass is 357 g/mol. The first-order chi connectivity index (χ1) is 11.5. The molecule has 0 aliphatic heterocycles. The Bertz CT molecular complexity index is 846. The number of nitrogens with zero attached hydrogens (tertiary/aromatic N) is 2. The quantitative estimate of drug-likeness (QED) is 0.738. The second kappa shape index (κ2) is 7.11. The molecule has 24 heavy (non-hydrogen) atoms. The Morgan fingerprint density at radius 1 is 1.21 bits per heavy atom. The lowest BCUT2D eigenvalue weighted by Crippen LogP contribution is -2.26. The van der Waals surface area contributed by atoms with E-state index in [2.05, 4.69) is 15.3 Å². The van der Waals surface area contributed by atoms with E-state index >= 15 is 0 Å². The average Bonchev–Trinajstić information content (AvgIpc) is 2.98. The first kappa shape index (κ1) is 16.6. The van der Waals surface area contributed by atoms with Gasteiger partial charge in [-0.3, -0.25) is 9.78 Å². The van der Waals surface area contributed by atoms with Crippen molar-refractivity contribution in [3.63, 3.8) is 0 Å². The van der Waals surface area contributed by atoms with E-state index in [4.69, 9.17) is 11.6 Å². The number of carbonyl (C=O) groups excluding carboxylic acids is 1.